The molecule has 0 amide bonds. The predicted octanol–water partition coefficient (Wildman–Crippen LogP) is 5.81. The van der Waals surface area contributed by atoms with E-state index in [1.807, 2.05) is 54.6 Å². The molecule has 1 aromatic heterocycles. The summed E-state index contributed by atoms with van der Waals surface area (Å²) in [5, 5.41) is 0.880. The van der Waals surface area contributed by atoms with E-state index < -0.39 is 0 Å². The second-order valence-electron chi connectivity index (χ2n) is 6.79. The first kappa shape index (κ1) is 20.5. The van der Waals surface area contributed by atoms with Crippen molar-refractivity contribution in [3.05, 3.63) is 54.6 Å². The minimum atomic E-state index is 0.530. The SMILES string of the molecule is COc1cc2oc(-c3ccccc3)c(-c3cc(OC)c(OC)c(OC)c3)c2cc1OC. The summed E-state index contributed by atoms with van der Waals surface area (Å²) in [6, 6.07) is 17.5. The number of hydrogen-bond donors (Lipinski definition) is 0. The maximum absolute atomic E-state index is 6.34. The first-order valence-electron chi connectivity index (χ1n) is 9.69. The third-order valence-electron chi connectivity index (χ3n) is 5.18. The third kappa shape index (κ3) is 3.50. The van der Waals surface area contributed by atoms with Gasteiger partial charge in [0.15, 0.2) is 23.0 Å². The lowest BCUT2D eigenvalue weighted by Crippen LogP contribution is -1.96. The average molecular weight is 420 g/mol. The van der Waals surface area contributed by atoms with Crippen molar-refractivity contribution in [1.82, 2.24) is 0 Å². The summed E-state index contributed by atoms with van der Waals surface area (Å²) in [7, 11) is 7.99. The van der Waals surface area contributed by atoms with E-state index in [-0.39, 0.29) is 0 Å². The fourth-order valence-electron chi connectivity index (χ4n) is 3.73. The van der Waals surface area contributed by atoms with Gasteiger partial charge >= 0.3 is 0 Å². The zero-order valence-electron chi connectivity index (χ0n) is 18.1. The highest BCUT2D eigenvalue weighted by Crippen LogP contribution is 2.48. The molecular formula is C25H24O6. The van der Waals surface area contributed by atoms with E-state index in [0.29, 0.717) is 34.3 Å². The van der Waals surface area contributed by atoms with Crippen LogP contribution in [0.25, 0.3) is 33.4 Å². The van der Waals surface area contributed by atoms with Crippen molar-refractivity contribution in [3.63, 3.8) is 0 Å². The van der Waals surface area contributed by atoms with Gasteiger partial charge in [0, 0.05) is 22.6 Å². The fraction of sp³-hybridized carbons (Fsp3) is 0.200. The van der Waals surface area contributed by atoms with Crippen LogP contribution >= 0.6 is 0 Å². The molecule has 4 aromatic rings. The number of fused-ring (bicyclic) bond motifs is 1. The Kier molecular flexibility index (Phi) is 5.62. The molecule has 0 saturated heterocycles. The first-order valence-corrected chi connectivity index (χ1v) is 9.69. The number of ether oxygens (including phenoxy) is 5. The Morgan fingerprint density at radius 1 is 0.581 bits per heavy atom. The van der Waals surface area contributed by atoms with Crippen molar-refractivity contribution in [2.75, 3.05) is 35.5 Å². The van der Waals surface area contributed by atoms with Crippen LogP contribution in [0.3, 0.4) is 0 Å². The molecule has 6 heteroatoms. The van der Waals surface area contributed by atoms with Crippen molar-refractivity contribution in [2.24, 2.45) is 0 Å². The maximum Gasteiger partial charge on any atom is 0.203 e. The van der Waals surface area contributed by atoms with Crippen LogP contribution in [0.4, 0.5) is 0 Å². The number of methoxy groups -OCH3 is 5. The molecule has 31 heavy (non-hydrogen) atoms. The third-order valence-corrected chi connectivity index (χ3v) is 5.18. The van der Waals surface area contributed by atoms with E-state index in [9.17, 15) is 0 Å². The molecule has 0 aliphatic heterocycles. The van der Waals surface area contributed by atoms with Crippen LogP contribution in [0.15, 0.2) is 59.0 Å². The van der Waals surface area contributed by atoms with Gasteiger partial charge in [-0.1, -0.05) is 30.3 Å². The summed E-state index contributed by atoms with van der Waals surface area (Å²) in [5.74, 6) is 3.59. The number of benzene rings is 3. The van der Waals surface area contributed by atoms with Crippen LogP contribution in [0, 0.1) is 0 Å². The minimum Gasteiger partial charge on any atom is -0.493 e. The van der Waals surface area contributed by atoms with Crippen molar-refractivity contribution in [2.45, 2.75) is 0 Å². The highest BCUT2D eigenvalue weighted by atomic mass is 16.5. The van der Waals surface area contributed by atoms with Crippen LogP contribution in [-0.4, -0.2) is 35.5 Å². The quantitative estimate of drug-likeness (QED) is 0.376. The van der Waals surface area contributed by atoms with Gasteiger partial charge in [-0.05, 0) is 23.8 Å². The molecule has 1 heterocycles. The first-order chi connectivity index (χ1) is 15.1. The number of furan rings is 1. The van der Waals surface area contributed by atoms with Gasteiger partial charge in [0.1, 0.15) is 11.3 Å². The second kappa shape index (κ2) is 8.52. The van der Waals surface area contributed by atoms with Crippen molar-refractivity contribution < 1.29 is 28.1 Å². The lowest BCUT2D eigenvalue weighted by atomic mass is 9.97. The average Bonchev–Trinajstić information content (AvgIpc) is 3.20. The second-order valence-corrected chi connectivity index (χ2v) is 6.79. The molecule has 0 atom stereocenters. The normalized spacial score (nSPS) is 10.7. The summed E-state index contributed by atoms with van der Waals surface area (Å²) in [4.78, 5) is 0. The summed E-state index contributed by atoms with van der Waals surface area (Å²) < 4.78 is 34.0. The molecule has 0 radical (unpaired) electrons. The molecule has 0 N–H and O–H groups in total. The van der Waals surface area contributed by atoms with E-state index in [1.54, 1.807) is 35.5 Å². The Morgan fingerprint density at radius 3 is 1.71 bits per heavy atom. The van der Waals surface area contributed by atoms with Crippen LogP contribution < -0.4 is 23.7 Å². The van der Waals surface area contributed by atoms with Gasteiger partial charge in [-0.15, -0.1) is 0 Å². The van der Waals surface area contributed by atoms with E-state index in [0.717, 1.165) is 27.8 Å². The topological polar surface area (TPSA) is 59.3 Å². The predicted molar refractivity (Wildman–Crippen MR) is 120 cm³/mol. The summed E-state index contributed by atoms with van der Waals surface area (Å²) in [6.07, 6.45) is 0. The van der Waals surface area contributed by atoms with E-state index in [1.165, 1.54) is 0 Å². The molecule has 0 aliphatic carbocycles. The van der Waals surface area contributed by atoms with Gasteiger partial charge < -0.3 is 28.1 Å². The van der Waals surface area contributed by atoms with Crippen molar-refractivity contribution in [3.8, 4) is 51.2 Å². The van der Waals surface area contributed by atoms with E-state index in [2.05, 4.69) is 0 Å². The molecule has 160 valence electrons. The molecule has 0 bridgehead atoms. The zero-order chi connectivity index (χ0) is 22.0. The van der Waals surface area contributed by atoms with Crippen LogP contribution in [0.1, 0.15) is 0 Å². The molecule has 0 saturated carbocycles. The molecule has 0 unspecified atom stereocenters. The van der Waals surface area contributed by atoms with Gasteiger partial charge in [-0.25, -0.2) is 0 Å². The molecule has 3 aromatic carbocycles. The van der Waals surface area contributed by atoms with Crippen molar-refractivity contribution in [1.29, 1.82) is 0 Å². The Hall–Kier alpha value is -3.80. The number of rotatable bonds is 7. The smallest absolute Gasteiger partial charge is 0.203 e. The molecule has 4 rings (SSSR count). The molecule has 6 nitrogen and oxygen atoms in total. The van der Waals surface area contributed by atoms with Crippen LogP contribution in [0.2, 0.25) is 0 Å². The Labute approximate surface area is 180 Å². The summed E-state index contributed by atoms with van der Waals surface area (Å²) in [5.41, 5.74) is 3.38. The maximum atomic E-state index is 6.34. The highest BCUT2D eigenvalue weighted by molar-refractivity contribution is 6.03. The highest BCUT2D eigenvalue weighted by Gasteiger charge is 2.23. The standard InChI is InChI=1S/C25H24O6/c1-26-19-13-17-18(14-20(19)27-2)31-24(15-9-7-6-8-10-15)23(17)16-11-21(28-3)25(30-5)22(12-16)29-4/h6-14H,1-5H3. The van der Waals surface area contributed by atoms with Crippen LogP contribution in [0.5, 0.6) is 28.7 Å². The van der Waals surface area contributed by atoms with Crippen molar-refractivity contribution >= 4 is 11.0 Å². The molecule has 0 aliphatic rings. The van der Waals surface area contributed by atoms with E-state index in [4.69, 9.17) is 28.1 Å². The zero-order valence-corrected chi connectivity index (χ0v) is 18.1. The molecule has 0 spiro atoms. The Morgan fingerprint density at radius 2 is 1.16 bits per heavy atom. The summed E-state index contributed by atoms with van der Waals surface area (Å²) in [6.45, 7) is 0. The van der Waals surface area contributed by atoms with Crippen LogP contribution in [-0.2, 0) is 0 Å². The summed E-state index contributed by atoms with van der Waals surface area (Å²) >= 11 is 0. The number of hydrogen-bond acceptors (Lipinski definition) is 6. The van der Waals surface area contributed by atoms with Gasteiger partial charge in [0.25, 0.3) is 0 Å². The minimum absolute atomic E-state index is 0.530. The Bertz CT molecular complexity index is 1180. The largest absolute Gasteiger partial charge is 0.493 e. The van der Waals surface area contributed by atoms with E-state index >= 15 is 0 Å². The monoisotopic (exact) mass is 420 g/mol. The lowest BCUT2D eigenvalue weighted by Gasteiger charge is -2.14. The van der Waals surface area contributed by atoms with Gasteiger partial charge in [-0.3, -0.25) is 0 Å². The van der Waals surface area contributed by atoms with Gasteiger partial charge in [0.05, 0.1) is 35.5 Å². The van der Waals surface area contributed by atoms with Gasteiger partial charge in [0.2, 0.25) is 5.75 Å². The Balaban J connectivity index is 2.08. The van der Waals surface area contributed by atoms with Gasteiger partial charge in [-0.2, -0.15) is 0 Å². The molecular weight excluding hydrogens is 396 g/mol. The lowest BCUT2D eigenvalue weighted by molar-refractivity contribution is 0.324. The molecule has 0 fully saturated rings. The fourth-order valence-corrected chi connectivity index (χ4v) is 3.73.